The van der Waals surface area contributed by atoms with Gasteiger partial charge in [0, 0.05) is 30.3 Å². The molecule has 2 N–H and O–H groups in total. The molecule has 2 aliphatic rings. The van der Waals surface area contributed by atoms with Crippen molar-refractivity contribution in [2.45, 2.75) is 19.3 Å². The summed E-state index contributed by atoms with van der Waals surface area (Å²) in [6, 6.07) is 12.9. The molecule has 2 aromatic rings. The van der Waals surface area contributed by atoms with Crippen LogP contribution < -0.4 is 15.5 Å². The second-order valence-electron chi connectivity index (χ2n) is 7.19. The average Bonchev–Trinajstić information content (AvgIpc) is 3.45. The van der Waals surface area contributed by atoms with E-state index < -0.39 is 11.7 Å². The van der Waals surface area contributed by atoms with Crippen LogP contribution in [0.5, 0.6) is 0 Å². The van der Waals surface area contributed by atoms with Gasteiger partial charge in [0.05, 0.1) is 11.6 Å². The molecule has 28 heavy (non-hydrogen) atoms. The predicted molar refractivity (Wildman–Crippen MR) is 103 cm³/mol. The van der Waals surface area contributed by atoms with Crippen LogP contribution in [0, 0.1) is 17.7 Å². The molecule has 0 radical (unpaired) electrons. The highest BCUT2D eigenvalue weighted by Crippen LogP contribution is 2.31. The summed E-state index contributed by atoms with van der Waals surface area (Å²) in [4.78, 5) is 38.1. The van der Waals surface area contributed by atoms with Crippen LogP contribution in [0.2, 0.25) is 0 Å². The molecule has 1 aliphatic carbocycles. The van der Waals surface area contributed by atoms with Gasteiger partial charge in [-0.2, -0.15) is 0 Å². The number of nitrogens with one attached hydrogen (secondary N) is 2. The van der Waals surface area contributed by atoms with Crippen LogP contribution in [0.15, 0.2) is 48.5 Å². The molecule has 1 atom stereocenters. The van der Waals surface area contributed by atoms with Crippen LogP contribution in [-0.4, -0.2) is 24.3 Å². The number of carbonyl (C=O) groups is 3. The van der Waals surface area contributed by atoms with Gasteiger partial charge in [0.2, 0.25) is 17.7 Å². The minimum absolute atomic E-state index is 0.00889. The van der Waals surface area contributed by atoms with Crippen molar-refractivity contribution in [2.24, 2.45) is 11.8 Å². The van der Waals surface area contributed by atoms with E-state index in [2.05, 4.69) is 10.6 Å². The van der Waals surface area contributed by atoms with Gasteiger partial charge < -0.3 is 15.5 Å². The fourth-order valence-corrected chi connectivity index (χ4v) is 3.30. The third kappa shape index (κ3) is 3.88. The van der Waals surface area contributed by atoms with E-state index in [1.165, 1.54) is 17.0 Å². The lowest BCUT2D eigenvalue weighted by atomic mass is 10.1. The minimum Gasteiger partial charge on any atom is -0.326 e. The molecule has 6 nitrogen and oxygen atoms in total. The minimum atomic E-state index is -0.572. The molecular formula is C21H20FN3O3. The molecule has 2 fully saturated rings. The van der Waals surface area contributed by atoms with Gasteiger partial charge in [0.15, 0.2) is 0 Å². The molecule has 1 saturated carbocycles. The van der Waals surface area contributed by atoms with Crippen molar-refractivity contribution in [3.63, 3.8) is 0 Å². The second kappa shape index (κ2) is 7.42. The second-order valence-corrected chi connectivity index (χ2v) is 7.19. The predicted octanol–water partition coefficient (Wildman–Crippen LogP) is 3.17. The Balaban J connectivity index is 1.41. The fourth-order valence-electron chi connectivity index (χ4n) is 3.30. The van der Waals surface area contributed by atoms with E-state index in [-0.39, 0.29) is 42.3 Å². The maximum atomic E-state index is 14.0. The lowest BCUT2D eigenvalue weighted by Crippen LogP contribution is -2.28. The number of hydrogen-bond acceptors (Lipinski definition) is 3. The number of amides is 3. The number of hydrogen-bond donors (Lipinski definition) is 2. The zero-order valence-corrected chi connectivity index (χ0v) is 15.2. The Morgan fingerprint density at radius 1 is 0.929 bits per heavy atom. The van der Waals surface area contributed by atoms with Crippen molar-refractivity contribution in [3.05, 3.63) is 54.3 Å². The number of benzene rings is 2. The summed E-state index contributed by atoms with van der Waals surface area (Å²) in [5.74, 6) is -1.57. The largest absolute Gasteiger partial charge is 0.326 e. The van der Waals surface area contributed by atoms with Crippen molar-refractivity contribution in [1.82, 2.24) is 0 Å². The standard InChI is InChI=1S/C21H20FN3O3/c22-17-6-1-2-7-18(17)25-12-14(10-19(25)26)21(28)24-16-5-3-4-15(11-16)23-20(27)13-8-9-13/h1-7,11,13-14H,8-10,12H2,(H,23,27)(H,24,28). The van der Waals surface area contributed by atoms with Crippen LogP contribution in [-0.2, 0) is 14.4 Å². The fraction of sp³-hybridized carbons (Fsp3) is 0.286. The first-order valence-corrected chi connectivity index (χ1v) is 9.28. The molecule has 1 saturated heterocycles. The van der Waals surface area contributed by atoms with Gasteiger partial charge in [-0.3, -0.25) is 14.4 Å². The molecule has 4 rings (SSSR count). The van der Waals surface area contributed by atoms with Gasteiger partial charge in [-0.05, 0) is 43.2 Å². The normalized spacial score (nSPS) is 18.8. The molecule has 0 bridgehead atoms. The van der Waals surface area contributed by atoms with Crippen LogP contribution in [0.25, 0.3) is 0 Å². The Hall–Kier alpha value is -3.22. The van der Waals surface area contributed by atoms with Gasteiger partial charge >= 0.3 is 0 Å². The van der Waals surface area contributed by atoms with Gasteiger partial charge in [0.25, 0.3) is 0 Å². The third-order valence-corrected chi connectivity index (χ3v) is 4.98. The molecule has 144 valence electrons. The highest BCUT2D eigenvalue weighted by molar-refractivity contribution is 6.04. The van der Waals surface area contributed by atoms with Crippen LogP contribution in [0.1, 0.15) is 19.3 Å². The number of rotatable bonds is 5. The van der Waals surface area contributed by atoms with Gasteiger partial charge in [-0.1, -0.05) is 18.2 Å². The zero-order chi connectivity index (χ0) is 19.7. The van der Waals surface area contributed by atoms with Crippen molar-refractivity contribution in [3.8, 4) is 0 Å². The smallest absolute Gasteiger partial charge is 0.229 e. The topological polar surface area (TPSA) is 78.5 Å². The lowest BCUT2D eigenvalue weighted by molar-refractivity contribution is -0.122. The Morgan fingerprint density at radius 2 is 1.57 bits per heavy atom. The number of carbonyl (C=O) groups excluding carboxylic acids is 3. The molecule has 1 aliphatic heterocycles. The summed E-state index contributed by atoms with van der Waals surface area (Å²) in [5, 5.41) is 5.62. The van der Waals surface area contributed by atoms with Crippen molar-refractivity contribution in [2.75, 3.05) is 22.1 Å². The summed E-state index contributed by atoms with van der Waals surface area (Å²) >= 11 is 0. The highest BCUT2D eigenvalue weighted by atomic mass is 19.1. The average molecular weight is 381 g/mol. The summed E-state index contributed by atoms with van der Waals surface area (Å²) in [7, 11) is 0. The SMILES string of the molecule is O=C(Nc1cccc(NC(=O)C2CC(=O)N(c3ccccc3F)C2)c1)C1CC1. The summed E-state index contributed by atoms with van der Waals surface area (Å²) in [5.41, 5.74) is 1.34. The molecule has 3 amide bonds. The van der Waals surface area contributed by atoms with E-state index >= 15 is 0 Å². The summed E-state index contributed by atoms with van der Waals surface area (Å²) in [6.07, 6.45) is 1.85. The van der Waals surface area contributed by atoms with Crippen molar-refractivity contribution >= 4 is 34.8 Å². The first-order chi connectivity index (χ1) is 13.5. The van der Waals surface area contributed by atoms with E-state index in [1.807, 2.05) is 0 Å². The lowest BCUT2D eigenvalue weighted by Gasteiger charge is -2.17. The Labute approximate surface area is 161 Å². The van der Waals surface area contributed by atoms with Crippen LogP contribution in [0.4, 0.5) is 21.5 Å². The summed E-state index contributed by atoms with van der Waals surface area (Å²) < 4.78 is 14.0. The molecule has 1 heterocycles. The first-order valence-electron chi connectivity index (χ1n) is 9.28. The maximum absolute atomic E-state index is 14.0. The molecular weight excluding hydrogens is 361 g/mol. The molecule has 7 heteroatoms. The van der Waals surface area contributed by atoms with Crippen molar-refractivity contribution in [1.29, 1.82) is 0 Å². The third-order valence-electron chi connectivity index (χ3n) is 4.98. The van der Waals surface area contributed by atoms with E-state index in [9.17, 15) is 18.8 Å². The number of para-hydroxylation sites is 1. The summed E-state index contributed by atoms with van der Waals surface area (Å²) in [6.45, 7) is 0.129. The highest BCUT2D eigenvalue weighted by Gasteiger charge is 2.36. The van der Waals surface area contributed by atoms with E-state index in [0.717, 1.165) is 12.8 Å². The Morgan fingerprint density at radius 3 is 2.21 bits per heavy atom. The van der Waals surface area contributed by atoms with E-state index in [4.69, 9.17) is 0 Å². The van der Waals surface area contributed by atoms with Gasteiger partial charge in [-0.15, -0.1) is 0 Å². The maximum Gasteiger partial charge on any atom is 0.229 e. The van der Waals surface area contributed by atoms with E-state index in [1.54, 1.807) is 36.4 Å². The zero-order valence-electron chi connectivity index (χ0n) is 15.2. The molecule has 2 aromatic carbocycles. The monoisotopic (exact) mass is 381 g/mol. The first kappa shape index (κ1) is 18.2. The number of anilines is 3. The quantitative estimate of drug-likeness (QED) is 0.835. The number of halogens is 1. The van der Waals surface area contributed by atoms with Crippen LogP contribution in [0.3, 0.4) is 0 Å². The van der Waals surface area contributed by atoms with Crippen molar-refractivity contribution < 1.29 is 18.8 Å². The molecule has 0 spiro atoms. The molecule has 1 unspecified atom stereocenters. The van der Waals surface area contributed by atoms with Gasteiger partial charge in [0.1, 0.15) is 5.82 Å². The Kier molecular flexibility index (Phi) is 4.81. The number of nitrogens with zero attached hydrogens (tertiary/aromatic N) is 1. The molecule has 0 aromatic heterocycles. The Bertz CT molecular complexity index is 942. The van der Waals surface area contributed by atoms with E-state index in [0.29, 0.717) is 11.4 Å². The van der Waals surface area contributed by atoms with Crippen LogP contribution >= 0.6 is 0 Å². The van der Waals surface area contributed by atoms with Gasteiger partial charge in [-0.25, -0.2) is 4.39 Å².